The molecule has 13 heteroatoms. The first-order valence-corrected chi connectivity index (χ1v) is 7.96. The van der Waals surface area contributed by atoms with E-state index in [1.165, 1.54) is 6.07 Å². The molecule has 5 N–H and O–H groups in total. The standard InChI is InChI=1S/C14H20FN7O5/c1-6(2)9(17)12(24)26-10-8(15)11(27-14(10,5-23)20-21-18)22-4-3-7(16)19-13(22)25/h3-4,6,8-11,23H,5,17H2,1-2H3,(H2,16,19,25)/t8-,9?,10+,11-,14-/m1/s1. The van der Waals surface area contributed by atoms with E-state index in [0.717, 1.165) is 10.8 Å². The van der Waals surface area contributed by atoms with Crippen molar-refractivity contribution in [2.45, 2.75) is 44.1 Å². The van der Waals surface area contributed by atoms with Crippen molar-refractivity contribution in [2.24, 2.45) is 16.8 Å². The molecule has 0 saturated carbocycles. The van der Waals surface area contributed by atoms with Crippen molar-refractivity contribution in [1.29, 1.82) is 0 Å². The monoisotopic (exact) mass is 385 g/mol. The largest absolute Gasteiger partial charge is 0.455 e. The summed E-state index contributed by atoms with van der Waals surface area (Å²) in [6.07, 6.45) is -4.58. The lowest BCUT2D eigenvalue weighted by atomic mass is 10.0. The number of halogens is 1. The summed E-state index contributed by atoms with van der Waals surface area (Å²) in [6, 6.07) is 0.138. The summed E-state index contributed by atoms with van der Waals surface area (Å²) in [5.41, 5.74) is 16.6. The van der Waals surface area contributed by atoms with E-state index in [1.807, 2.05) is 0 Å². The molecule has 1 aromatic heterocycles. The predicted octanol–water partition coefficient (Wildman–Crippen LogP) is -0.414. The molecule has 0 spiro atoms. The summed E-state index contributed by atoms with van der Waals surface area (Å²) < 4.78 is 26.2. The van der Waals surface area contributed by atoms with Crippen LogP contribution in [0.2, 0.25) is 0 Å². The number of aromatic nitrogens is 2. The molecule has 0 aromatic carbocycles. The minimum atomic E-state index is -2.29. The zero-order chi connectivity index (χ0) is 20.4. The number of nitrogens with two attached hydrogens (primary N) is 2. The maximum absolute atomic E-state index is 15.1. The van der Waals surface area contributed by atoms with Gasteiger partial charge in [-0.05, 0) is 17.5 Å². The van der Waals surface area contributed by atoms with Crippen molar-refractivity contribution < 1.29 is 23.8 Å². The molecule has 1 aliphatic rings. The third-order valence-electron chi connectivity index (χ3n) is 4.13. The van der Waals surface area contributed by atoms with Crippen molar-refractivity contribution in [2.75, 3.05) is 12.3 Å². The molecular weight excluding hydrogens is 365 g/mol. The van der Waals surface area contributed by atoms with Crippen molar-refractivity contribution in [3.8, 4) is 0 Å². The molecule has 1 saturated heterocycles. The van der Waals surface area contributed by atoms with Gasteiger partial charge in [0.25, 0.3) is 0 Å². The Morgan fingerprint density at radius 2 is 2.33 bits per heavy atom. The summed E-state index contributed by atoms with van der Waals surface area (Å²) in [4.78, 5) is 30.1. The van der Waals surface area contributed by atoms with E-state index in [2.05, 4.69) is 15.0 Å². The fraction of sp³-hybridized carbons (Fsp3) is 0.643. The average Bonchev–Trinajstić information content (AvgIpc) is 2.87. The first-order chi connectivity index (χ1) is 12.7. The van der Waals surface area contributed by atoms with Crippen LogP contribution in [0.15, 0.2) is 22.2 Å². The molecule has 148 valence electrons. The second kappa shape index (κ2) is 7.88. The lowest BCUT2D eigenvalue weighted by molar-refractivity contribution is -0.170. The Kier molecular flexibility index (Phi) is 6.01. The van der Waals surface area contributed by atoms with Gasteiger partial charge in [0.1, 0.15) is 11.9 Å². The minimum Gasteiger partial charge on any atom is -0.455 e. The van der Waals surface area contributed by atoms with Crippen molar-refractivity contribution in [3.05, 3.63) is 33.2 Å². The molecule has 0 radical (unpaired) electrons. The van der Waals surface area contributed by atoms with E-state index in [0.29, 0.717) is 0 Å². The predicted molar refractivity (Wildman–Crippen MR) is 89.6 cm³/mol. The number of aliphatic hydroxyl groups excluding tert-OH is 1. The Morgan fingerprint density at radius 3 is 2.85 bits per heavy atom. The number of hydrogen-bond acceptors (Lipinski definition) is 9. The van der Waals surface area contributed by atoms with Crippen LogP contribution in [0.5, 0.6) is 0 Å². The van der Waals surface area contributed by atoms with Crippen LogP contribution in [0.1, 0.15) is 20.1 Å². The van der Waals surface area contributed by atoms with Gasteiger partial charge in [-0.3, -0.25) is 9.36 Å². The van der Waals surface area contributed by atoms with Gasteiger partial charge < -0.3 is 26.0 Å². The highest BCUT2D eigenvalue weighted by molar-refractivity contribution is 5.76. The summed E-state index contributed by atoms with van der Waals surface area (Å²) in [5, 5.41) is 12.9. The molecule has 2 heterocycles. The zero-order valence-corrected chi connectivity index (χ0v) is 14.6. The highest BCUT2D eigenvalue weighted by Gasteiger charge is 2.59. The number of azide groups is 1. The number of nitrogens with zero attached hydrogens (tertiary/aromatic N) is 5. The number of carbonyl (C=O) groups excluding carboxylic acids is 1. The highest BCUT2D eigenvalue weighted by atomic mass is 19.1. The Balaban J connectivity index is 2.44. The lowest BCUT2D eigenvalue weighted by Gasteiger charge is -2.28. The molecule has 12 nitrogen and oxygen atoms in total. The molecule has 1 aromatic rings. The van der Waals surface area contributed by atoms with Gasteiger partial charge in [-0.25, -0.2) is 9.18 Å². The van der Waals surface area contributed by atoms with Crippen molar-refractivity contribution >= 4 is 11.8 Å². The Bertz CT molecular complexity index is 811. The Labute approximate surface area is 152 Å². The van der Waals surface area contributed by atoms with Crippen molar-refractivity contribution in [1.82, 2.24) is 9.55 Å². The van der Waals surface area contributed by atoms with Gasteiger partial charge >= 0.3 is 11.7 Å². The van der Waals surface area contributed by atoms with Crippen LogP contribution in [0, 0.1) is 5.92 Å². The number of rotatable bonds is 6. The van der Waals surface area contributed by atoms with E-state index < -0.39 is 48.5 Å². The molecule has 1 unspecified atom stereocenters. The Morgan fingerprint density at radius 1 is 1.67 bits per heavy atom. The number of ether oxygens (including phenoxy) is 2. The van der Waals surface area contributed by atoms with Crippen LogP contribution in [0.3, 0.4) is 0 Å². The zero-order valence-electron chi connectivity index (χ0n) is 14.6. The molecular formula is C14H20FN7O5. The van der Waals surface area contributed by atoms with E-state index in [4.69, 9.17) is 26.5 Å². The van der Waals surface area contributed by atoms with Crippen LogP contribution in [-0.2, 0) is 14.3 Å². The minimum absolute atomic E-state index is 0.0981. The number of esters is 1. The molecule has 0 bridgehead atoms. The summed E-state index contributed by atoms with van der Waals surface area (Å²) in [6.45, 7) is 2.29. The number of hydrogen-bond donors (Lipinski definition) is 3. The van der Waals surface area contributed by atoms with Gasteiger partial charge in [-0.15, -0.1) is 0 Å². The average molecular weight is 385 g/mol. The molecule has 0 amide bonds. The maximum atomic E-state index is 15.1. The molecule has 5 atom stereocenters. The number of anilines is 1. The van der Waals surface area contributed by atoms with Gasteiger partial charge in [-0.2, -0.15) is 4.98 Å². The molecule has 1 aliphatic heterocycles. The second-order valence-corrected chi connectivity index (χ2v) is 6.31. The topological polar surface area (TPSA) is 191 Å². The van der Waals surface area contributed by atoms with Crippen LogP contribution in [0.25, 0.3) is 10.4 Å². The molecule has 1 fully saturated rings. The van der Waals surface area contributed by atoms with E-state index >= 15 is 4.39 Å². The number of alkyl halides is 1. The fourth-order valence-electron chi connectivity index (χ4n) is 2.52. The summed E-state index contributed by atoms with van der Waals surface area (Å²) in [5.74, 6) is -1.39. The van der Waals surface area contributed by atoms with Crippen LogP contribution < -0.4 is 17.2 Å². The first-order valence-electron chi connectivity index (χ1n) is 7.96. The number of nitrogen functional groups attached to an aromatic ring is 1. The third kappa shape index (κ3) is 3.85. The van der Waals surface area contributed by atoms with Gasteiger partial charge in [0.15, 0.2) is 18.5 Å². The van der Waals surface area contributed by atoms with Crippen molar-refractivity contribution in [3.63, 3.8) is 0 Å². The highest BCUT2D eigenvalue weighted by Crippen LogP contribution is 2.41. The smallest absolute Gasteiger partial charge is 0.351 e. The van der Waals surface area contributed by atoms with Crippen LogP contribution >= 0.6 is 0 Å². The van der Waals surface area contributed by atoms with Crippen LogP contribution in [-0.4, -0.2) is 51.3 Å². The van der Waals surface area contributed by atoms with Gasteiger partial charge in [0, 0.05) is 11.1 Å². The molecule has 0 aliphatic carbocycles. The normalized spacial score (nSPS) is 28.6. The number of carbonyl (C=O) groups is 1. The first kappa shape index (κ1) is 20.6. The number of aliphatic hydroxyl groups is 1. The summed E-state index contributed by atoms with van der Waals surface area (Å²) in [7, 11) is 0. The quantitative estimate of drug-likeness (QED) is 0.254. The van der Waals surface area contributed by atoms with E-state index in [9.17, 15) is 14.7 Å². The third-order valence-corrected chi connectivity index (χ3v) is 4.13. The van der Waals surface area contributed by atoms with Gasteiger partial charge in [0.05, 0.1) is 6.61 Å². The molecule has 27 heavy (non-hydrogen) atoms. The molecule has 2 rings (SSSR count). The van der Waals surface area contributed by atoms with E-state index in [-0.39, 0.29) is 11.7 Å². The fourth-order valence-corrected chi connectivity index (χ4v) is 2.52. The SMILES string of the molecule is CC(C)C(N)C(=O)O[C@H]1[C@@H](F)[C@H](n2ccc(N)nc2=O)O[C@@]1(CO)N=[N+]=[N-]. The lowest BCUT2D eigenvalue weighted by Crippen LogP contribution is -2.49. The van der Waals surface area contributed by atoms with Gasteiger partial charge in [-0.1, -0.05) is 19.0 Å². The Hall–Kier alpha value is -2.73. The second-order valence-electron chi connectivity index (χ2n) is 6.31. The summed E-state index contributed by atoms with van der Waals surface area (Å²) >= 11 is 0. The van der Waals surface area contributed by atoms with E-state index in [1.54, 1.807) is 13.8 Å². The van der Waals surface area contributed by atoms with Gasteiger partial charge in [0.2, 0.25) is 5.72 Å². The van der Waals surface area contributed by atoms with Crippen LogP contribution in [0.4, 0.5) is 10.2 Å². The maximum Gasteiger partial charge on any atom is 0.351 e.